The van der Waals surface area contributed by atoms with E-state index in [-0.39, 0.29) is 0 Å². The van der Waals surface area contributed by atoms with Crippen molar-refractivity contribution in [2.45, 2.75) is 6.92 Å². The molecule has 1 aromatic carbocycles. The highest BCUT2D eigenvalue weighted by molar-refractivity contribution is 5.87. The quantitative estimate of drug-likeness (QED) is 0.593. The number of rotatable bonds is 2. The molecule has 0 bridgehead atoms. The summed E-state index contributed by atoms with van der Waals surface area (Å²) in [6.45, 7) is 5.53. The summed E-state index contributed by atoms with van der Waals surface area (Å²) in [5.41, 5.74) is 3.11. The van der Waals surface area contributed by atoms with Crippen LogP contribution in [0.4, 0.5) is 5.69 Å². The zero-order valence-corrected chi connectivity index (χ0v) is 7.41. The number of hydrogen-bond acceptors (Lipinski definition) is 2. The van der Waals surface area contributed by atoms with Gasteiger partial charge in [0.2, 0.25) is 0 Å². The summed E-state index contributed by atoms with van der Waals surface area (Å²) in [4.78, 5) is 7.83. The lowest BCUT2D eigenvalue weighted by Crippen LogP contribution is -1.83. The van der Waals surface area contributed by atoms with Gasteiger partial charge in [-0.25, -0.2) is 0 Å². The predicted octanol–water partition coefficient (Wildman–Crippen LogP) is 2.38. The van der Waals surface area contributed by atoms with Gasteiger partial charge in [0.25, 0.3) is 0 Å². The molecule has 0 unspecified atom stereocenters. The van der Waals surface area contributed by atoms with E-state index < -0.39 is 0 Å². The lowest BCUT2D eigenvalue weighted by Gasteiger charge is -1.99. The van der Waals surface area contributed by atoms with Crippen molar-refractivity contribution < 1.29 is 0 Å². The zero-order chi connectivity index (χ0) is 8.97. The second-order valence-electron chi connectivity index (χ2n) is 2.61. The maximum absolute atomic E-state index is 3.94. The first-order valence-electron chi connectivity index (χ1n) is 3.77. The monoisotopic (exact) mass is 160 g/mol. The molecule has 1 rings (SSSR count). The van der Waals surface area contributed by atoms with Gasteiger partial charge in [0, 0.05) is 18.8 Å². The van der Waals surface area contributed by atoms with E-state index in [1.807, 2.05) is 25.1 Å². The summed E-state index contributed by atoms with van der Waals surface area (Å²) >= 11 is 0. The molecule has 2 nitrogen and oxygen atoms in total. The third-order valence-electron chi connectivity index (χ3n) is 1.62. The number of hydrogen-bond donors (Lipinski definition) is 0. The van der Waals surface area contributed by atoms with Crippen molar-refractivity contribution in [1.82, 2.24) is 0 Å². The van der Waals surface area contributed by atoms with Gasteiger partial charge in [-0.2, -0.15) is 0 Å². The molecule has 0 aliphatic rings. The van der Waals surface area contributed by atoms with Gasteiger partial charge >= 0.3 is 0 Å². The van der Waals surface area contributed by atoms with Crippen LogP contribution in [0.1, 0.15) is 11.1 Å². The lowest BCUT2D eigenvalue weighted by molar-refractivity contribution is 1.41. The Morgan fingerprint density at radius 3 is 2.75 bits per heavy atom. The van der Waals surface area contributed by atoms with Crippen LogP contribution < -0.4 is 0 Å². The van der Waals surface area contributed by atoms with E-state index in [2.05, 4.69) is 16.7 Å². The standard InChI is InChI=1S/C10H12N2/c1-8-4-5-10(12-3)9(6-8)7-11-2/h4-7H,3H2,1-2H3/b11-7-. The molecule has 0 aliphatic heterocycles. The maximum atomic E-state index is 3.94. The van der Waals surface area contributed by atoms with Crippen LogP contribution in [0.2, 0.25) is 0 Å². The minimum atomic E-state index is 0.881. The largest absolute Gasteiger partial charge is 0.296 e. The van der Waals surface area contributed by atoms with Gasteiger partial charge in [-0.05, 0) is 25.8 Å². The van der Waals surface area contributed by atoms with Crippen molar-refractivity contribution in [3.05, 3.63) is 29.3 Å². The van der Waals surface area contributed by atoms with E-state index in [1.54, 1.807) is 13.3 Å². The van der Waals surface area contributed by atoms with E-state index >= 15 is 0 Å². The minimum absolute atomic E-state index is 0.881. The topological polar surface area (TPSA) is 24.7 Å². The van der Waals surface area contributed by atoms with Crippen LogP contribution in [0, 0.1) is 6.92 Å². The Bertz CT molecular complexity index is 314. The molecule has 0 spiro atoms. The molecule has 0 aromatic heterocycles. The molecule has 0 N–H and O–H groups in total. The van der Waals surface area contributed by atoms with Crippen molar-refractivity contribution in [3.8, 4) is 0 Å². The van der Waals surface area contributed by atoms with Gasteiger partial charge in [0.1, 0.15) is 0 Å². The minimum Gasteiger partial charge on any atom is -0.296 e. The molecule has 2 heteroatoms. The van der Waals surface area contributed by atoms with Gasteiger partial charge < -0.3 is 0 Å². The number of benzene rings is 1. The van der Waals surface area contributed by atoms with Crippen LogP contribution in [0.15, 0.2) is 28.2 Å². The van der Waals surface area contributed by atoms with Crippen molar-refractivity contribution in [2.24, 2.45) is 9.98 Å². The predicted molar refractivity (Wildman–Crippen MR) is 53.9 cm³/mol. The number of nitrogens with zero attached hydrogens (tertiary/aromatic N) is 2. The van der Waals surface area contributed by atoms with Crippen molar-refractivity contribution >= 4 is 18.6 Å². The Labute approximate surface area is 72.7 Å². The van der Waals surface area contributed by atoms with Gasteiger partial charge in [0.15, 0.2) is 0 Å². The highest BCUT2D eigenvalue weighted by Gasteiger charge is 1.96. The molecule has 0 aliphatic carbocycles. The normalized spacial score (nSPS) is 10.5. The fourth-order valence-corrected chi connectivity index (χ4v) is 1.06. The molecule has 0 atom stereocenters. The number of aryl methyl sites for hydroxylation is 1. The molecule has 1 aromatic rings. The van der Waals surface area contributed by atoms with Crippen LogP contribution in [0.3, 0.4) is 0 Å². The van der Waals surface area contributed by atoms with E-state index in [0.717, 1.165) is 11.3 Å². The molecule has 0 heterocycles. The highest BCUT2D eigenvalue weighted by Crippen LogP contribution is 2.17. The first-order chi connectivity index (χ1) is 5.77. The Morgan fingerprint density at radius 2 is 2.17 bits per heavy atom. The molecule has 0 saturated carbocycles. The molecule has 0 saturated heterocycles. The Morgan fingerprint density at radius 1 is 1.42 bits per heavy atom. The van der Waals surface area contributed by atoms with E-state index in [1.165, 1.54) is 5.56 Å². The number of aliphatic imine (C=N–C) groups is 2. The first kappa shape index (κ1) is 8.65. The van der Waals surface area contributed by atoms with Gasteiger partial charge in [-0.3, -0.25) is 9.98 Å². The second kappa shape index (κ2) is 3.81. The van der Waals surface area contributed by atoms with Crippen LogP contribution >= 0.6 is 0 Å². The summed E-state index contributed by atoms with van der Waals surface area (Å²) in [5.74, 6) is 0. The lowest BCUT2D eigenvalue weighted by atomic mass is 10.1. The average molecular weight is 160 g/mol. The van der Waals surface area contributed by atoms with Crippen LogP contribution in [0.5, 0.6) is 0 Å². The third-order valence-corrected chi connectivity index (χ3v) is 1.62. The summed E-state index contributed by atoms with van der Waals surface area (Å²) in [5, 5.41) is 0. The first-order valence-corrected chi connectivity index (χ1v) is 3.77. The van der Waals surface area contributed by atoms with E-state index in [4.69, 9.17) is 0 Å². The van der Waals surface area contributed by atoms with Crippen molar-refractivity contribution in [3.63, 3.8) is 0 Å². The second-order valence-corrected chi connectivity index (χ2v) is 2.61. The molecule has 0 fully saturated rings. The van der Waals surface area contributed by atoms with Crippen molar-refractivity contribution in [1.29, 1.82) is 0 Å². The smallest absolute Gasteiger partial charge is 0.0710 e. The zero-order valence-electron chi connectivity index (χ0n) is 7.41. The fourth-order valence-electron chi connectivity index (χ4n) is 1.06. The molecule has 62 valence electrons. The summed E-state index contributed by atoms with van der Waals surface area (Å²) in [6.07, 6.45) is 1.79. The average Bonchev–Trinajstić information content (AvgIpc) is 2.05. The van der Waals surface area contributed by atoms with E-state index in [0.29, 0.717) is 0 Å². The van der Waals surface area contributed by atoms with Crippen LogP contribution in [-0.4, -0.2) is 20.0 Å². The summed E-state index contributed by atoms with van der Waals surface area (Å²) in [6, 6.07) is 5.99. The van der Waals surface area contributed by atoms with Gasteiger partial charge in [-0.1, -0.05) is 11.6 Å². The third kappa shape index (κ3) is 1.78. The Balaban J connectivity index is 3.20. The SMILES string of the molecule is C=Nc1ccc(C)cc1/C=N\C. The molecule has 0 radical (unpaired) electrons. The van der Waals surface area contributed by atoms with Crippen LogP contribution in [0.25, 0.3) is 0 Å². The van der Waals surface area contributed by atoms with Crippen molar-refractivity contribution in [2.75, 3.05) is 7.05 Å². The fraction of sp³-hybridized carbons (Fsp3) is 0.200. The summed E-state index contributed by atoms with van der Waals surface area (Å²) in [7, 11) is 1.75. The maximum Gasteiger partial charge on any atom is 0.0710 e. The molecule has 12 heavy (non-hydrogen) atoms. The van der Waals surface area contributed by atoms with Gasteiger partial charge in [0.05, 0.1) is 5.69 Å². The molecular weight excluding hydrogens is 148 g/mol. The Kier molecular flexibility index (Phi) is 2.75. The Hall–Kier alpha value is -1.44. The summed E-state index contributed by atoms with van der Waals surface area (Å²) < 4.78 is 0. The molecular formula is C10H12N2. The van der Waals surface area contributed by atoms with Crippen LogP contribution in [-0.2, 0) is 0 Å². The highest BCUT2D eigenvalue weighted by atomic mass is 14.7. The molecule has 0 amide bonds. The van der Waals surface area contributed by atoms with Gasteiger partial charge in [-0.15, -0.1) is 0 Å². The van der Waals surface area contributed by atoms with E-state index in [9.17, 15) is 0 Å².